The highest BCUT2D eigenvalue weighted by Gasteiger charge is 2.30. The van der Waals surface area contributed by atoms with Gasteiger partial charge in [0.1, 0.15) is 12.2 Å². The second-order valence-corrected chi connectivity index (χ2v) is 10.6. The van der Waals surface area contributed by atoms with E-state index in [1.54, 1.807) is 74.6 Å². The molecule has 1 rings (SSSR count). The Morgan fingerprint density at radius 3 is 2.40 bits per heavy atom. The van der Waals surface area contributed by atoms with Gasteiger partial charge < -0.3 is 25.2 Å². The molecule has 1 aliphatic heterocycles. The van der Waals surface area contributed by atoms with E-state index in [9.17, 15) is 30.0 Å². The Hall–Kier alpha value is -2.84. The number of carbonyl (C=O) groups excluding carboxylic acids is 2. The van der Waals surface area contributed by atoms with Gasteiger partial charge in [-0.15, -0.1) is 0 Å². The van der Waals surface area contributed by atoms with Crippen LogP contribution in [-0.2, 0) is 14.3 Å². The molecule has 222 valence electrons. The van der Waals surface area contributed by atoms with Crippen molar-refractivity contribution in [1.82, 2.24) is 0 Å². The van der Waals surface area contributed by atoms with Crippen molar-refractivity contribution in [2.75, 3.05) is 0 Å². The van der Waals surface area contributed by atoms with E-state index in [2.05, 4.69) is 0 Å². The Morgan fingerprint density at radius 1 is 1.02 bits per heavy atom. The van der Waals surface area contributed by atoms with Crippen LogP contribution >= 0.6 is 0 Å². The van der Waals surface area contributed by atoms with E-state index in [-0.39, 0.29) is 12.3 Å². The van der Waals surface area contributed by atoms with Gasteiger partial charge in [0.05, 0.1) is 24.7 Å². The minimum atomic E-state index is -1.31. The molecule has 0 saturated carbocycles. The fourth-order valence-corrected chi connectivity index (χ4v) is 4.26. The third-order valence-electron chi connectivity index (χ3n) is 7.07. The maximum Gasteiger partial charge on any atom is 0.309 e. The molecule has 7 nitrogen and oxygen atoms in total. The van der Waals surface area contributed by atoms with Crippen LogP contribution in [-0.4, -0.2) is 62.7 Å². The zero-order valence-corrected chi connectivity index (χ0v) is 24.7. The Morgan fingerprint density at radius 2 is 1.73 bits per heavy atom. The van der Waals surface area contributed by atoms with Crippen LogP contribution in [0.2, 0.25) is 0 Å². The smallest absolute Gasteiger partial charge is 0.309 e. The quantitative estimate of drug-likeness (QED) is 0.261. The normalized spacial score (nSPS) is 31.8. The number of hydrogen-bond donors (Lipinski definition) is 4. The third-order valence-corrected chi connectivity index (χ3v) is 7.07. The Kier molecular flexibility index (Phi) is 16.3. The van der Waals surface area contributed by atoms with Crippen LogP contribution in [0, 0.1) is 11.8 Å². The lowest BCUT2D eigenvalue weighted by atomic mass is 9.85. The molecule has 7 heteroatoms. The predicted molar refractivity (Wildman–Crippen MR) is 159 cm³/mol. The monoisotopic (exact) mass is 556 g/mol. The molecule has 40 heavy (non-hydrogen) atoms. The first-order valence-electron chi connectivity index (χ1n) is 14.0. The summed E-state index contributed by atoms with van der Waals surface area (Å²) in [4.78, 5) is 25.2. The average Bonchev–Trinajstić information content (AvgIpc) is 2.91. The van der Waals surface area contributed by atoms with E-state index >= 15 is 0 Å². The lowest BCUT2D eigenvalue weighted by Gasteiger charge is -2.31. The highest BCUT2D eigenvalue weighted by atomic mass is 16.5. The lowest BCUT2D eigenvalue weighted by molar-refractivity contribution is -0.153. The highest BCUT2D eigenvalue weighted by Crippen LogP contribution is 2.25. The topological polar surface area (TPSA) is 124 Å². The standard InChI is InChI=1S/C33H48O7/c1-7-12-27(34)19-17-25(5)32(38)26(6)30-16-10-8-9-15-28(35)33(39)24(4)14-11-13-22(2)21-29(36)23(3)18-20-31(37)40-30/h7-15,18,21,25-30,32,34-36,38H,16-17,19-20H2,1-6H3/b10-8+,12-7-,13-11+,15-9+,22-21+,23-18+,24-14+/t25-,26-,27-,28+,29-,30+,32-/m1/s1. The van der Waals surface area contributed by atoms with Crippen molar-refractivity contribution < 1.29 is 34.8 Å². The van der Waals surface area contributed by atoms with E-state index in [0.717, 1.165) is 5.57 Å². The molecule has 1 heterocycles. The van der Waals surface area contributed by atoms with Crippen molar-refractivity contribution in [2.45, 2.75) is 97.7 Å². The molecule has 0 aromatic heterocycles. The highest BCUT2D eigenvalue weighted by molar-refractivity contribution is 5.99. The molecule has 0 aliphatic carbocycles. The van der Waals surface area contributed by atoms with Gasteiger partial charge >= 0.3 is 5.97 Å². The fraction of sp³-hybridized carbons (Fsp3) is 0.515. The Labute approximate surface area is 239 Å². The van der Waals surface area contributed by atoms with Crippen LogP contribution in [0.5, 0.6) is 0 Å². The molecule has 0 fully saturated rings. The number of cyclic esters (lactones) is 1. The van der Waals surface area contributed by atoms with Crippen LogP contribution in [0.25, 0.3) is 0 Å². The van der Waals surface area contributed by atoms with Gasteiger partial charge in [-0.05, 0) is 69.8 Å². The lowest BCUT2D eigenvalue weighted by Crippen LogP contribution is -2.37. The number of aliphatic hydroxyl groups is 4. The molecule has 1 aliphatic rings. The summed E-state index contributed by atoms with van der Waals surface area (Å²) in [5.41, 5.74) is 1.74. The SMILES string of the molecule is C/C=C\[C@@H](O)CC[C@@H](C)[C@@H](O)[C@H](C)[C@@H]1C/C=C/C=C/[C@H](O)C(=O)/C(C)=C/C=C/C(C)=C/[C@@H](O)/C(C)=C/CC(=O)O1. The second kappa shape index (κ2) is 18.5. The van der Waals surface area contributed by atoms with Gasteiger partial charge in [0.15, 0.2) is 5.78 Å². The molecular formula is C33H48O7. The number of aliphatic hydroxyl groups excluding tert-OH is 4. The minimum absolute atomic E-state index is 0.0319. The van der Waals surface area contributed by atoms with Gasteiger partial charge in [0, 0.05) is 12.3 Å². The predicted octanol–water partition coefficient (Wildman–Crippen LogP) is 4.84. The average molecular weight is 557 g/mol. The molecular weight excluding hydrogens is 508 g/mol. The molecule has 0 spiro atoms. The van der Waals surface area contributed by atoms with Crippen molar-refractivity contribution in [3.05, 3.63) is 83.6 Å². The number of ether oxygens (including phenoxy) is 1. The Balaban J connectivity index is 3.20. The molecule has 0 saturated heterocycles. The van der Waals surface area contributed by atoms with Crippen LogP contribution in [0.1, 0.15) is 67.2 Å². The van der Waals surface area contributed by atoms with Crippen LogP contribution in [0.3, 0.4) is 0 Å². The molecule has 0 amide bonds. The fourth-order valence-electron chi connectivity index (χ4n) is 4.26. The van der Waals surface area contributed by atoms with Crippen molar-refractivity contribution in [3.8, 4) is 0 Å². The van der Waals surface area contributed by atoms with E-state index in [1.165, 1.54) is 6.08 Å². The van der Waals surface area contributed by atoms with E-state index in [0.29, 0.717) is 30.4 Å². The number of ketones is 1. The summed E-state index contributed by atoms with van der Waals surface area (Å²) in [6.07, 6.45) is 15.3. The first-order chi connectivity index (χ1) is 18.9. The van der Waals surface area contributed by atoms with Gasteiger partial charge in [0.2, 0.25) is 0 Å². The summed E-state index contributed by atoms with van der Waals surface area (Å²) in [6.45, 7) is 10.7. The second-order valence-electron chi connectivity index (χ2n) is 10.6. The van der Waals surface area contributed by atoms with Crippen LogP contribution in [0.4, 0.5) is 0 Å². The van der Waals surface area contributed by atoms with Crippen molar-refractivity contribution in [2.24, 2.45) is 11.8 Å². The summed E-state index contributed by atoms with van der Waals surface area (Å²) in [5, 5.41) is 41.8. The molecule has 0 bridgehead atoms. The Bertz CT molecular complexity index is 1030. The molecule has 0 unspecified atom stereocenters. The number of rotatable bonds is 7. The first kappa shape index (κ1) is 35.2. The number of esters is 1. The molecule has 4 N–H and O–H groups in total. The summed E-state index contributed by atoms with van der Waals surface area (Å²) in [6, 6.07) is 0. The maximum absolute atomic E-state index is 12.8. The number of hydrogen-bond acceptors (Lipinski definition) is 7. The third kappa shape index (κ3) is 13.0. The van der Waals surface area contributed by atoms with E-state index in [4.69, 9.17) is 4.74 Å². The van der Waals surface area contributed by atoms with Gasteiger partial charge in [0.25, 0.3) is 0 Å². The molecule has 7 atom stereocenters. The van der Waals surface area contributed by atoms with Gasteiger partial charge in [-0.25, -0.2) is 0 Å². The summed E-state index contributed by atoms with van der Waals surface area (Å²) in [5.74, 6) is -1.46. The van der Waals surface area contributed by atoms with Crippen LogP contribution in [0.15, 0.2) is 83.6 Å². The summed E-state index contributed by atoms with van der Waals surface area (Å²) in [7, 11) is 0. The zero-order chi connectivity index (χ0) is 30.2. The maximum atomic E-state index is 12.8. The molecule has 0 aromatic rings. The summed E-state index contributed by atoms with van der Waals surface area (Å²) < 4.78 is 5.79. The number of Topliss-reactive ketones (excluding diaryl/α,β-unsaturated/α-hetero) is 1. The van der Waals surface area contributed by atoms with Crippen molar-refractivity contribution in [3.63, 3.8) is 0 Å². The minimum Gasteiger partial charge on any atom is -0.461 e. The van der Waals surface area contributed by atoms with Crippen molar-refractivity contribution >= 4 is 11.8 Å². The molecule has 0 aromatic carbocycles. The van der Waals surface area contributed by atoms with Crippen LogP contribution < -0.4 is 0 Å². The van der Waals surface area contributed by atoms with Crippen molar-refractivity contribution in [1.29, 1.82) is 0 Å². The largest absolute Gasteiger partial charge is 0.461 e. The summed E-state index contributed by atoms with van der Waals surface area (Å²) >= 11 is 0. The van der Waals surface area contributed by atoms with E-state index < -0.39 is 48.2 Å². The van der Waals surface area contributed by atoms with E-state index in [1.807, 2.05) is 27.7 Å². The van der Waals surface area contributed by atoms with Gasteiger partial charge in [-0.1, -0.05) is 74.1 Å². The number of allylic oxidation sites excluding steroid dienone is 7. The van der Waals surface area contributed by atoms with Gasteiger partial charge in [-0.2, -0.15) is 0 Å². The zero-order valence-electron chi connectivity index (χ0n) is 24.7. The van der Waals surface area contributed by atoms with Gasteiger partial charge in [-0.3, -0.25) is 9.59 Å². The molecule has 0 radical (unpaired) electrons. The first-order valence-corrected chi connectivity index (χ1v) is 14.0. The number of carbonyl (C=O) groups is 2.